The van der Waals surface area contributed by atoms with E-state index in [1.165, 1.54) is 11.3 Å². The van der Waals surface area contributed by atoms with Gasteiger partial charge in [-0.05, 0) is 38.5 Å². The van der Waals surface area contributed by atoms with Crippen molar-refractivity contribution in [2.24, 2.45) is 0 Å². The molecule has 1 aromatic carbocycles. The van der Waals surface area contributed by atoms with E-state index >= 15 is 0 Å². The first-order valence-corrected chi connectivity index (χ1v) is 9.20. The minimum atomic E-state index is -3.37. The van der Waals surface area contributed by atoms with Crippen molar-refractivity contribution < 1.29 is 13.5 Å². The van der Waals surface area contributed by atoms with Crippen LogP contribution in [0.2, 0.25) is 0 Å². The average molecular weight is 376 g/mol. The van der Waals surface area contributed by atoms with E-state index in [2.05, 4.69) is 20.7 Å². The fraction of sp³-hybridized carbons (Fsp3) is 0.231. The molecular weight excluding hydrogens is 362 g/mol. The first-order valence-electron chi connectivity index (χ1n) is 5.88. The van der Waals surface area contributed by atoms with Crippen LogP contribution in [0.25, 0.3) is 0 Å². The monoisotopic (exact) mass is 375 g/mol. The predicted octanol–water partition coefficient (Wildman–Crippen LogP) is 2.62. The molecule has 1 heterocycles. The number of nitrogens with one attached hydrogen (secondary N) is 1. The van der Waals surface area contributed by atoms with Gasteiger partial charge in [0.1, 0.15) is 0 Å². The lowest BCUT2D eigenvalue weighted by Gasteiger charge is -2.07. The molecule has 20 heavy (non-hydrogen) atoms. The van der Waals surface area contributed by atoms with Gasteiger partial charge in [-0.25, -0.2) is 13.1 Å². The molecule has 4 nitrogen and oxygen atoms in total. The number of rotatable bonds is 6. The lowest BCUT2D eigenvalue weighted by Crippen LogP contribution is -2.24. The third kappa shape index (κ3) is 4.39. The molecule has 1 aromatic heterocycles. The highest BCUT2D eigenvalue weighted by Crippen LogP contribution is 2.22. The van der Waals surface area contributed by atoms with Crippen LogP contribution in [0.1, 0.15) is 16.0 Å². The second-order valence-corrected chi connectivity index (χ2v) is 7.91. The number of thiophene rings is 1. The van der Waals surface area contributed by atoms with Gasteiger partial charge >= 0.3 is 0 Å². The Hall–Kier alpha value is -0.730. The Labute approximate surface area is 130 Å². The van der Waals surface area contributed by atoms with Crippen molar-refractivity contribution in [3.8, 4) is 0 Å². The molecule has 2 aromatic rings. The molecule has 2 N–H and O–H groups in total. The Morgan fingerprint density at radius 1 is 1.15 bits per heavy atom. The summed E-state index contributed by atoms with van der Waals surface area (Å²) in [5.41, 5.74) is 1.46. The van der Waals surface area contributed by atoms with Crippen molar-refractivity contribution in [1.82, 2.24) is 4.72 Å². The van der Waals surface area contributed by atoms with Crippen LogP contribution < -0.4 is 4.72 Å². The van der Waals surface area contributed by atoms with Gasteiger partial charge in [-0.1, -0.05) is 24.3 Å². The molecule has 0 spiro atoms. The van der Waals surface area contributed by atoms with Crippen molar-refractivity contribution >= 4 is 37.3 Å². The second-order valence-electron chi connectivity index (χ2n) is 4.25. The molecule has 108 valence electrons. The number of benzene rings is 1. The van der Waals surface area contributed by atoms with Crippen LogP contribution in [0, 0.1) is 0 Å². The van der Waals surface area contributed by atoms with Gasteiger partial charge in [-0.15, -0.1) is 11.3 Å². The lowest BCUT2D eigenvalue weighted by atomic mass is 10.2. The highest BCUT2D eigenvalue weighted by Gasteiger charge is 2.12. The molecule has 7 heteroatoms. The normalized spacial score (nSPS) is 11.7. The summed E-state index contributed by atoms with van der Waals surface area (Å²) in [5.74, 6) is -0.0678. The van der Waals surface area contributed by atoms with Gasteiger partial charge in [0.05, 0.1) is 12.4 Å². The van der Waals surface area contributed by atoms with Crippen LogP contribution in [-0.4, -0.2) is 13.5 Å². The maximum atomic E-state index is 12.0. The zero-order chi connectivity index (χ0) is 14.6. The van der Waals surface area contributed by atoms with Gasteiger partial charge in [0.15, 0.2) is 0 Å². The van der Waals surface area contributed by atoms with E-state index < -0.39 is 10.0 Å². The van der Waals surface area contributed by atoms with Crippen LogP contribution in [0.15, 0.2) is 40.2 Å². The van der Waals surface area contributed by atoms with Crippen molar-refractivity contribution in [2.75, 3.05) is 0 Å². The van der Waals surface area contributed by atoms with E-state index in [-0.39, 0.29) is 18.9 Å². The minimum absolute atomic E-state index is 0.0440. The standard InChI is InChI=1S/C13H14BrNO3S2/c14-12-5-6-19-13(12)7-15-20(17,18)9-11-3-1-10(8-16)2-4-11/h1-6,15-16H,7-9H2. The highest BCUT2D eigenvalue weighted by atomic mass is 79.9. The van der Waals surface area contributed by atoms with Gasteiger partial charge in [-0.3, -0.25) is 0 Å². The van der Waals surface area contributed by atoms with Crippen molar-refractivity contribution in [1.29, 1.82) is 0 Å². The third-order valence-electron chi connectivity index (χ3n) is 2.71. The van der Waals surface area contributed by atoms with Gasteiger partial charge in [0, 0.05) is 15.9 Å². The molecule has 0 unspecified atom stereocenters. The summed E-state index contributed by atoms with van der Waals surface area (Å²) < 4.78 is 27.5. The maximum Gasteiger partial charge on any atom is 0.216 e. The SMILES string of the molecule is O=S(=O)(Cc1ccc(CO)cc1)NCc1sccc1Br. The summed E-state index contributed by atoms with van der Waals surface area (Å²) in [5, 5.41) is 10.8. The number of hydrogen-bond donors (Lipinski definition) is 2. The van der Waals surface area contributed by atoms with Gasteiger partial charge in [0.2, 0.25) is 10.0 Å². The van der Waals surface area contributed by atoms with E-state index in [9.17, 15) is 8.42 Å². The molecule has 0 aliphatic carbocycles. The quantitative estimate of drug-likeness (QED) is 0.815. The largest absolute Gasteiger partial charge is 0.392 e. The number of hydrogen-bond acceptors (Lipinski definition) is 4. The van der Waals surface area contributed by atoms with E-state index in [4.69, 9.17) is 5.11 Å². The van der Waals surface area contributed by atoms with Crippen LogP contribution in [0.5, 0.6) is 0 Å². The minimum Gasteiger partial charge on any atom is -0.392 e. The van der Waals surface area contributed by atoms with Gasteiger partial charge in [0.25, 0.3) is 0 Å². The third-order valence-corrected chi connectivity index (χ3v) is 5.93. The maximum absolute atomic E-state index is 12.0. The zero-order valence-corrected chi connectivity index (χ0v) is 13.8. The van der Waals surface area contributed by atoms with E-state index in [1.807, 2.05) is 11.4 Å². The molecular formula is C13H14BrNO3S2. The van der Waals surface area contributed by atoms with Crippen molar-refractivity contribution in [2.45, 2.75) is 18.9 Å². The van der Waals surface area contributed by atoms with Crippen LogP contribution in [0.4, 0.5) is 0 Å². The molecule has 0 bridgehead atoms. The van der Waals surface area contributed by atoms with E-state index in [0.29, 0.717) is 5.56 Å². The van der Waals surface area contributed by atoms with Crippen LogP contribution in [-0.2, 0) is 28.9 Å². The summed E-state index contributed by atoms with van der Waals surface area (Å²) in [4.78, 5) is 0.948. The topological polar surface area (TPSA) is 66.4 Å². The first-order chi connectivity index (χ1) is 9.50. The van der Waals surface area contributed by atoms with Crippen molar-refractivity contribution in [3.63, 3.8) is 0 Å². The lowest BCUT2D eigenvalue weighted by molar-refractivity contribution is 0.282. The molecule has 0 radical (unpaired) electrons. The Balaban J connectivity index is 1.98. The molecule has 0 aliphatic rings. The first kappa shape index (κ1) is 15.7. The van der Waals surface area contributed by atoms with Crippen molar-refractivity contribution in [3.05, 3.63) is 56.2 Å². The molecule has 0 atom stereocenters. The van der Waals surface area contributed by atoms with Gasteiger partial charge in [-0.2, -0.15) is 0 Å². The number of halogens is 1. The average Bonchev–Trinajstić information content (AvgIpc) is 2.83. The Bertz CT molecular complexity index is 665. The van der Waals surface area contributed by atoms with E-state index in [0.717, 1.165) is 14.9 Å². The van der Waals surface area contributed by atoms with Crippen LogP contribution in [0.3, 0.4) is 0 Å². The van der Waals surface area contributed by atoms with Gasteiger partial charge < -0.3 is 5.11 Å². The fourth-order valence-electron chi connectivity index (χ4n) is 1.64. The fourth-order valence-corrected chi connectivity index (χ4v) is 4.26. The highest BCUT2D eigenvalue weighted by molar-refractivity contribution is 9.10. The molecule has 2 rings (SSSR count). The summed E-state index contributed by atoms with van der Waals surface area (Å²) in [7, 11) is -3.37. The zero-order valence-electron chi connectivity index (χ0n) is 10.5. The smallest absolute Gasteiger partial charge is 0.216 e. The predicted molar refractivity (Wildman–Crippen MR) is 83.8 cm³/mol. The summed E-state index contributed by atoms with van der Waals surface area (Å²) in [6.07, 6.45) is 0. The number of sulfonamides is 1. The summed E-state index contributed by atoms with van der Waals surface area (Å²) in [6, 6.07) is 8.76. The number of aliphatic hydroxyl groups is 1. The molecule has 0 amide bonds. The Morgan fingerprint density at radius 2 is 1.80 bits per heavy atom. The molecule has 0 saturated heterocycles. The molecule has 0 aliphatic heterocycles. The number of aliphatic hydroxyl groups excluding tert-OH is 1. The summed E-state index contributed by atoms with van der Waals surface area (Å²) >= 11 is 4.87. The Kier molecular flexibility index (Phi) is 5.34. The van der Waals surface area contributed by atoms with Crippen LogP contribution >= 0.6 is 27.3 Å². The summed E-state index contributed by atoms with van der Waals surface area (Å²) in [6.45, 7) is 0.243. The molecule has 0 fully saturated rings. The molecule has 0 saturated carbocycles. The second kappa shape index (κ2) is 6.82. The Morgan fingerprint density at radius 3 is 2.35 bits per heavy atom. The van der Waals surface area contributed by atoms with E-state index in [1.54, 1.807) is 24.3 Å².